The number of hydrazine groups is 1. The van der Waals surface area contributed by atoms with Crippen molar-refractivity contribution < 1.29 is 13.9 Å². The summed E-state index contributed by atoms with van der Waals surface area (Å²) in [7, 11) is 0. The third-order valence-corrected chi connectivity index (χ3v) is 3.93. The van der Waals surface area contributed by atoms with Crippen LogP contribution < -0.4 is 11.3 Å². The summed E-state index contributed by atoms with van der Waals surface area (Å²) in [5, 5.41) is 0. The van der Waals surface area contributed by atoms with Gasteiger partial charge in [0.1, 0.15) is 5.82 Å². The molecule has 0 spiro atoms. The van der Waals surface area contributed by atoms with Gasteiger partial charge in [-0.1, -0.05) is 17.7 Å². The third-order valence-electron chi connectivity index (χ3n) is 3.93. The average Bonchev–Trinajstić information content (AvgIpc) is 2.45. The van der Waals surface area contributed by atoms with E-state index < -0.39 is 5.60 Å². The fourth-order valence-corrected chi connectivity index (χ4v) is 2.93. The second-order valence-electron chi connectivity index (χ2n) is 5.23. The Morgan fingerprint density at radius 1 is 1.45 bits per heavy atom. The molecule has 1 aromatic carbocycles. The Bertz CT molecular complexity index is 442. The summed E-state index contributed by atoms with van der Waals surface area (Å²) in [4.78, 5) is 0. The van der Waals surface area contributed by atoms with E-state index in [0.717, 1.165) is 5.56 Å². The second-order valence-corrected chi connectivity index (χ2v) is 5.23. The molecule has 0 aliphatic carbocycles. The second kappa shape index (κ2) is 6.63. The van der Waals surface area contributed by atoms with Gasteiger partial charge in [-0.15, -0.1) is 0 Å². The molecule has 5 heteroatoms. The number of hydrogen-bond donors (Lipinski definition) is 2. The smallest absolute Gasteiger partial charge is 0.128 e. The molecule has 1 aromatic rings. The summed E-state index contributed by atoms with van der Waals surface area (Å²) < 4.78 is 25.6. The summed E-state index contributed by atoms with van der Waals surface area (Å²) in [6.07, 6.45) is 1.40. The highest BCUT2D eigenvalue weighted by Crippen LogP contribution is 2.38. The van der Waals surface area contributed by atoms with Gasteiger partial charge >= 0.3 is 0 Å². The quantitative estimate of drug-likeness (QED) is 0.642. The van der Waals surface area contributed by atoms with E-state index in [4.69, 9.17) is 15.3 Å². The van der Waals surface area contributed by atoms with Crippen LogP contribution in [0.3, 0.4) is 0 Å². The highest BCUT2D eigenvalue weighted by atomic mass is 19.1. The minimum atomic E-state index is -0.517. The lowest BCUT2D eigenvalue weighted by Gasteiger charge is -2.43. The Morgan fingerprint density at radius 2 is 2.15 bits per heavy atom. The van der Waals surface area contributed by atoms with Crippen molar-refractivity contribution in [2.45, 2.75) is 38.3 Å². The molecule has 1 atom stereocenters. The number of halogens is 1. The molecular formula is C15H23FN2O2. The average molecular weight is 282 g/mol. The molecule has 0 radical (unpaired) electrons. The lowest BCUT2D eigenvalue weighted by Crippen LogP contribution is -2.52. The molecule has 0 bridgehead atoms. The number of benzene rings is 1. The van der Waals surface area contributed by atoms with Gasteiger partial charge in [-0.25, -0.2) is 9.82 Å². The molecule has 4 nitrogen and oxygen atoms in total. The van der Waals surface area contributed by atoms with E-state index >= 15 is 0 Å². The van der Waals surface area contributed by atoms with Crippen LogP contribution >= 0.6 is 0 Å². The predicted octanol–water partition coefficient (Wildman–Crippen LogP) is 2.22. The SMILES string of the molecule is CCOC1(C(NN)c2cc(C)ccc2F)CCOCC1. The van der Waals surface area contributed by atoms with Crippen molar-refractivity contribution >= 4 is 0 Å². The van der Waals surface area contributed by atoms with Crippen LogP contribution in [0.5, 0.6) is 0 Å². The fourth-order valence-electron chi connectivity index (χ4n) is 2.93. The van der Waals surface area contributed by atoms with Gasteiger partial charge in [0.2, 0.25) is 0 Å². The molecule has 112 valence electrons. The lowest BCUT2D eigenvalue weighted by atomic mass is 9.81. The van der Waals surface area contributed by atoms with Crippen molar-refractivity contribution in [2.24, 2.45) is 5.84 Å². The Hall–Kier alpha value is -1.01. The zero-order valence-electron chi connectivity index (χ0n) is 12.1. The highest BCUT2D eigenvalue weighted by Gasteiger charge is 2.42. The number of nitrogens with one attached hydrogen (secondary N) is 1. The third kappa shape index (κ3) is 3.01. The minimum absolute atomic E-state index is 0.260. The van der Waals surface area contributed by atoms with Crippen LogP contribution in [0.25, 0.3) is 0 Å². The summed E-state index contributed by atoms with van der Waals surface area (Å²) in [5.41, 5.74) is 3.80. The Morgan fingerprint density at radius 3 is 2.75 bits per heavy atom. The van der Waals surface area contributed by atoms with E-state index in [9.17, 15) is 4.39 Å². The maximum absolute atomic E-state index is 14.2. The van der Waals surface area contributed by atoms with Crippen LogP contribution in [-0.2, 0) is 9.47 Å². The molecule has 1 fully saturated rings. The topological polar surface area (TPSA) is 56.5 Å². The lowest BCUT2D eigenvalue weighted by molar-refractivity contribution is -0.128. The maximum atomic E-state index is 14.2. The molecule has 0 aromatic heterocycles. The van der Waals surface area contributed by atoms with E-state index in [-0.39, 0.29) is 11.9 Å². The van der Waals surface area contributed by atoms with Crippen molar-refractivity contribution in [1.29, 1.82) is 0 Å². The first-order chi connectivity index (χ1) is 9.63. The molecule has 3 N–H and O–H groups in total. The molecule has 1 aliphatic rings. The maximum Gasteiger partial charge on any atom is 0.128 e. The van der Waals surface area contributed by atoms with Crippen molar-refractivity contribution in [3.8, 4) is 0 Å². The molecule has 1 heterocycles. The van der Waals surface area contributed by atoms with Crippen LogP contribution in [0.4, 0.5) is 4.39 Å². The number of rotatable bonds is 5. The number of nitrogens with two attached hydrogens (primary N) is 1. The van der Waals surface area contributed by atoms with Gasteiger partial charge in [0.25, 0.3) is 0 Å². The largest absolute Gasteiger partial charge is 0.381 e. The first-order valence-corrected chi connectivity index (χ1v) is 7.07. The van der Waals surface area contributed by atoms with E-state index in [1.54, 1.807) is 6.07 Å². The monoisotopic (exact) mass is 282 g/mol. The molecule has 1 saturated heterocycles. The van der Waals surface area contributed by atoms with Crippen LogP contribution in [0.15, 0.2) is 18.2 Å². The van der Waals surface area contributed by atoms with Crippen LogP contribution in [0, 0.1) is 12.7 Å². The number of hydrogen-bond acceptors (Lipinski definition) is 4. The van der Waals surface area contributed by atoms with Gasteiger partial charge in [-0.05, 0) is 19.9 Å². The van der Waals surface area contributed by atoms with Gasteiger partial charge < -0.3 is 9.47 Å². The van der Waals surface area contributed by atoms with Gasteiger partial charge in [0, 0.05) is 38.2 Å². The van der Waals surface area contributed by atoms with E-state index in [0.29, 0.717) is 38.2 Å². The normalized spacial score (nSPS) is 19.8. The summed E-state index contributed by atoms with van der Waals surface area (Å²) >= 11 is 0. The molecule has 1 unspecified atom stereocenters. The number of aryl methyl sites for hydroxylation is 1. The number of ether oxygens (including phenoxy) is 2. The molecule has 20 heavy (non-hydrogen) atoms. The minimum Gasteiger partial charge on any atom is -0.381 e. The highest BCUT2D eigenvalue weighted by molar-refractivity contribution is 5.29. The van der Waals surface area contributed by atoms with Crippen LogP contribution in [-0.4, -0.2) is 25.4 Å². The molecule has 2 rings (SSSR count). The standard InChI is InChI=1S/C15H23FN2O2/c1-3-20-15(6-8-19-9-7-15)14(18-17)12-10-11(2)4-5-13(12)16/h4-5,10,14,18H,3,6-9,17H2,1-2H3. The van der Waals surface area contributed by atoms with Crippen LogP contribution in [0.1, 0.15) is 36.9 Å². The van der Waals surface area contributed by atoms with E-state index in [1.807, 2.05) is 19.9 Å². The molecule has 0 amide bonds. The van der Waals surface area contributed by atoms with E-state index in [2.05, 4.69) is 5.43 Å². The van der Waals surface area contributed by atoms with E-state index in [1.165, 1.54) is 6.07 Å². The van der Waals surface area contributed by atoms with Crippen molar-refractivity contribution in [1.82, 2.24) is 5.43 Å². The van der Waals surface area contributed by atoms with Gasteiger partial charge in [0.05, 0.1) is 11.6 Å². The van der Waals surface area contributed by atoms with Gasteiger partial charge in [-0.2, -0.15) is 0 Å². The van der Waals surface area contributed by atoms with Crippen molar-refractivity contribution in [3.63, 3.8) is 0 Å². The predicted molar refractivity (Wildman–Crippen MR) is 75.6 cm³/mol. The van der Waals surface area contributed by atoms with Crippen molar-refractivity contribution in [2.75, 3.05) is 19.8 Å². The van der Waals surface area contributed by atoms with Gasteiger partial charge in [0.15, 0.2) is 0 Å². The fraction of sp³-hybridized carbons (Fsp3) is 0.600. The zero-order chi connectivity index (χ0) is 14.6. The first kappa shape index (κ1) is 15.4. The Labute approximate surface area is 119 Å². The first-order valence-electron chi connectivity index (χ1n) is 7.07. The van der Waals surface area contributed by atoms with Crippen molar-refractivity contribution in [3.05, 3.63) is 35.1 Å². The van der Waals surface area contributed by atoms with Crippen LogP contribution in [0.2, 0.25) is 0 Å². The summed E-state index contributed by atoms with van der Waals surface area (Å²) in [5.74, 6) is 5.47. The molecule has 1 aliphatic heterocycles. The molecular weight excluding hydrogens is 259 g/mol. The zero-order valence-corrected chi connectivity index (χ0v) is 12.1. The van der Waals surface area contributed by atoms with Gasteiger partial charge in [-0.3, -0.25) is 5.84 Å². The Balaban J connectivity index is 2.39. The summed E-state index contributed by atoms with van der Waals surface area (Å²) in [6.45, 7) is 5.65. The molecule has 0 saturated carbocycles. The summed E-state index contributed by atoms with van der Waals surface area (Å²) in [6, 6.07) is 4.68. The Kier molecular flexibility index (Phi) is 5.10.